The Kier molecular flexibility index (Phi) is 4.54. The first kappa shape index (κ1) is 15.1. The van der Waals surface area contributed by atoms with Crippen molar-refractivity contribution < 1.29 is 45.6 Å². The van der Waals surface area contributed by atoms with Crippen molar-refractivity contribution in [1.29, 1.82) is 0 Å². The zero-order valence-electron chi connectivity index (χ0n) is 10.8. The van der Waals surface area contributed by atoms with Gasteiger partial charge in [-0.05, 0) is 0 Å². The van der Waals surface area contributed by atoms with Gasteiger partial charge in [-0.1, -0.05) is 0 Å². The van der Waals surface area contributed by atoms with Crippen LogP contribution < -0.4 is 10.6 Å². The Bertz CT molecular complexity index is 527. The third kappa shape index (κ3) is 2.62. The molecule has 0 bridgehead atoms. The summed E-state index contributed by atoms with van der Waals surface area (Å²) in [5.74, 6) is -1.36. The summed E-state index contributed by atoms with van der Waals surface area (Å²) < 4.78 is 0.600. The molecule has 4 amide bonds. The zero-order valence-corrected chi connectivity index (χ0v) is 16.3. The van der Waals surface area contributed by atoms with Crippen LogP contribution in [0.1, 0.15) is 12.0 Å². The predicted octanol–water partition coefficient (Wildman–Crippen LogP) is 0.00650. The standard InChI is InChI=1S/C13H13N2O4.Hg/c1-8(16)7-13(9-5-3-2-4-6-9)10(17)14-12(19)15-11(13)18;/h2-6,8,16H,1,7H2,(H2,14,15,17,18,19);. The molecule has 7 heteroatoms. The molecule has 1 saturated heterocycles. The monoisotopic (exact) mass is 463 g/mol. The van der Waals surface area contributed by atoms with Gasteiger partial charge >= 0.3 is 132 Å². The van der Waals surface area contributed by atoms with Gasteiger partial charge in [0.1, 0.15) is 0 Å². The van der Waals surface area contributed by atoms with Crippen LogP contribution in [0.4, 0.5) is 4.79 Å². The first-order chi connectivity index (χ1) is 9.50. The molecular formula is C13H13HgN2O4. The molecule has 0 aliphatic carbocycles. The number of aliphatic hydroxyl groups is 1. The molecule has 1 fully saturated rings. The van der Waals surface area contributed by atoms with Crippen LogP contribution in [0.5, 0.6) is 0 Å². The molecule has 0 radical (unpaired) electrons. The summed E-state index contributed by atoms with van der Waals surface area (Å²) in [4.78, 5) is 35.8. The Morgan fingerprint density at radius 2 is 1.65 bits per heavy atom. The quantitative estimate of drug-likeness (QED) is 0.435. The summed E-state index contributed by atoms with van der Waals surface area (Å²) in [6, 6.07) is 7.68. The van der Waals surface area contributed by atoms with Gasteiger partial charge in [-0.2, -0.15) is 0 Å². The molecule has 1 aliphatic heterocycles. The Morgan fingerprint density at radius 3 is 2.15 bits per heavy atom. The van der Waals surface area contributed by atoms with Gasteiger partial charge in [-0.3, -0.25) is 0 Å². The molecule has 0 spiro atoms. The minimum atomic E-state index is -1.55. The second-order valence-corrected chi connectivity index (χ2v) is 6.90. The topological polar surface area (TPSA) is 95.5 Å². The maximum absolute atomic E-state index is 12.3. The Morgan fingerprint density at radius 1 is 1.10 bits per heavy atom. The van der Waals surface area contributed by atoms with Gasteiger partial charge in [0.15, 0.2) is 0 Å². The van der Waals surface area contributed by atoms with E-state index in [0.29, 0.717) is 35.6 Å². The fourth-order valence-corrected chi connectivity index (χ4v) is 3.09. The number of urea groups is 1. The van der Waals surface area contributed by atoms with Gasteiger partial charge in [-0.15, -0.1) is 0 Å². The molecule has 2 rings (SSSR count). The molecule has 1 aromatic rings. The first-order valence-corrected chi connectivity index (χ1v) is 10.1. The number of benzene rings is 1. The van der Waals surface area contributed by atoms with Crippen LogP contribution in [-0.2, 0) is 41.1 Å². The number of barbiturate groups is 1. The van der Waals surface area contributed by atoms with Gasteiger partial charge in [0.25, 0.3) is 0 Å². The molecule has 1 unspecified atom stereocenters. The van der Waals surface area contributed by atoms with Crippen LogP contribution in [0.2, 0.25) is 3.93 Å². The van der Waals surface area contributed by atoms with Crippen molar-refractivity contribution in [2.75, 3.05) is 0 Å². The summed E-state index contributed by atoms with van der Waals surface area (Å²) in [6.07, 6.45) is -0.755. The SMILES string of the molecule is O=C1NC(=O)C(CC(O)[CH2][Hg])(c2ccccc2)C(=O)N1. The molecule has 3 N–H and O–H groups in total. The summed E-state index contributed by atoms with van der Waals surface area (Å²) in [5, 5.41) is 14.2. The van der Waals surface area contributed by atoms with Crippen LogP contribution >= 0.6 is 0 Å². The van der Waals surface area contributed by atoms with E-state index in [1.807, 2.05) is 0 Å². The van der Waals surface area contributed by atoms with E-state index in [2.05, 4.69) is 10.6 Å². The number of nitrogens with one attached hydrogen (secondary N) is 2. The molecule has 1 heterocycles. The molecule has 1 aromatic carbocycles. The average Bonchev–Trinajstić information content (AvgIpc) is 2.43. The van der Waals surface area contributed by atoms with Crippen LogP contribution in [-0.4, -0.2) is 29.1 Å². The second-order valence-electron chi connectivity index (χ2n) is 4.66. The van der Waals surface area contributed by atoms with E-state index in [0.717, 1.165) is 0 Å². The average molecular weight is 462 g/mol. The van der Waals surface area contributed by atoms with Crippen LogP contribution in [0, 0.1) is 0 Å². The van der Waals surface area contributed by atoms with E-state index >= 15 is 0 Å². The van der Waals surface area contributed by atoms with Gasteiger partial charge in [-0.25, -0.2) is 0 Å². The molecular weight excluding hydrogens is 449 g/mol. The van der Waals surface area contributed by atoms with E-state index < -0.39 is 29.4 Å². The van der Waals surface area contributed by atoms with Gasteiger partial charge in [0, 0.05) is 0 Å². The number of hydrogen-bond donors (Lipinski definition) is 3. The van der Waals surface area contributed by atoms with Crippen LogP contribution in [0.25, 0.3) is 0 Å². The molecule has 6 nitrogen and oxygen atoms in total. The fourth-order valence-electron chi connectivity index (χ4n) is 2.30. The minimum absolute atomic E-state index is 0.0224. The van der Waals surface area contributed by atoms with Crippen LogP contribution in [0.3, 0.4) is 0 Å². The summed E-state index contributed by atoms with van der Waals surface area (Å²) in [6.45, 7) is 0. The number of aliphatic hydroxyl groups excluding tert-OH is 1. The number of rotatable bonds is 4. The molecule has 0 aromatic heterocycles. The van der Waals surface area contributed by atoms with Crippen LogP contribution in [0.15, 0.2) is 30.3 Å². The van der Waals surface area contributed by atoms with Gasteiger partial charge in [0.2, 0.25) is 0 Å². The molecule has 101 valence electrons. The number of carbonyl (C=O) groups excluding carboxylic acids is 3. The van der Waals surface area contributed by atoms with Crippen molar-refractivity contribution in [3.8, 4) is 0 Å². The second kappa shape index (κ2) is 6.01. The number of amides is 4. The van der Waals surface area contributed by atoms with Crippen molar-refractivity contribution >= 4 is 17.8 Å². The number of carbonyl (C=O) groups is 3. The van der Waals surface area contributed by atoms with E-state index in [4.69, 9.17) is 0 Å². The summed E-state index contributed by atoms with van der Waals surface area (Å²) in [5.41, 5.74) is -1.07. The van der Waals surface area contributed by atoms with Gasteiger partial charge in [0.05, 0.1) is 0 Å². The van der Waals surface area contributed by atoms with E-state index in [-0.39, 0.29) is 6.42 Å². The summed E-state index contributed by atoms with van der Waals surface area (Å²) >= 11 is 0.354. The normalized spacial score (nSPS) is 19.2. The molecule has 1 aliphatic rings. The van der Waals surface area contributed by atoms with E-state index in [9.17, 15) is 19.5 Å². The fraction of sp³-hybridized carbons (Fsp3) is 0.308. The Hall–Kier alpha value is -1.27. The van der Waals surface area contributed by atoms with Crippen molar-refractivity contribution in [3.05, 3.63) is 35.9 Å². The Labute approximate surface area is 131 Å². The predicted molar refractivity (Wildman–Crippen MR) is 65.2 cm³/mol. The summed E-state index contributed by atoms with van der Waals surface area (Å²) in [7, 11) is 0. The maximum atomic E-state index is 12.3. The third-order valence-electron chi connectivity index (χ3n) is 3.37. The van der Waals surface area contributed by atoms with Crippen molar-refractivity contribution in [2.45, 2.75) is 21.9 Å². The van der Waals surface area contributed by atoms with E-state index in [1.165, 1.54) is 0 Å². The third-order valence-corrected chi connectivity index (χ3v) is 5.96. The molecule has 1 atom stereocenters. The number of imide groups is 2. The van der Waals surface area contributed by atoms with Crippen molar-refractivity contribution in [2.24, 2.45) is 0 Å². The van der Waals surface area contributed by atoms with Gasteiger partial charge < -0.3 is 0 Å². The number of hydrogen-bond acceptors (Lipinski definition) is 4. The molecule has 20 heavy (non-hydrogen) atoms. The van der Waals surface area contributed by atoms with Crippen molar-refractivity contribution in [1.82, 2.24) is 10.6 Å². The zero-order chi connectivity index (χ0) is 14.8. The van der Waals surface area contributed by atoms with Crippen molar-refractivity contribution in [3.63, 3.8) is 0 Å². The molecule has 0 saturated carbocycles. The Balaban J connectivity index is 2.51. The first-order valence-electron chi connectivity index (χ1n) is 6.20. The van der Waals surface area contributed by atoms with E-state index in [1.54, 1.807) is 30.3 Å².